The van der Waals surface area contributed by atoms with Crippen LogP contribution in [0.5, 0.6) is 5.75 Å². The molecule has 7 nitrogen and oxygen atoms in total. The fraction of sp³-hybridized carbons (Fsp3) is 0.105. The molecule has 132 valence electrons. The van der Waals surface area contributed by atoms with Crippen molar-refractivity contribution >= 4 is 34.1 Å². The number of hydrogen-bond donors (Lipinski definition) is 3. The molecule has 1 heterocycles. The predicted molar refractivity (Wildman–Crippen MR) is 96.9 cm³/mol. The molecule has 2 amide bonds. The highest BCUT2D eigenvalue weighted by atomic mass is 16.5. The molecular weight excluding hydrogens is 334 g/mol. The van der Waals surface area contributed by atoms with E-state index in [0.717, 1.165) is 0 Å². The van der Waals surface area contributed by atoms with Gasteiger partial charge in [0.2, 0.25) is 6.54 Å². The lowest BCUT2D eigenvalue weighted by molar-refractivity contribution is -0.684. The molecule has 26 heavy (non-hydrogen) atoms. The fourth-order valence-electron chi connectivity index (χ4n) is 2.61. The molecule has 0 unspecified atom stereocenters. The molecule has 3 N–H and O–H groups in total. The number of aromatic hydroxyl groups is 1. The third-order valence-electron chi connectivity index (χ3n) is 3.83. The van der Waals surface area contributed by atoms with Crippen LogP contribution in [0.1, 0.15) is 0 Å². The van der Waals surface area contributed by atoms with Crippen LogP contribution in [0.4, 0.5) is 16.2 Å². The minimum absolute atomic E-state index is 0.0672. The molecule has 3 rings (SSSR count). The molecule has 7 heteroatoms. The molecular formula is C19H18N3O4+. The first-order chi connectivity index (χ1) is 12.6. The van der Waals surface area contributed by atoms with Crippen molar-refractivity contribution < 1.29 is 24.0 Å². The average Bonchev–Trinajstić information content (AvgIpc) is 2.65. The van der Waals surface area contributed by atoms with Gasteiger partial charge in [-0.1, -0.05) is 18.2 Å². The molecule has 0 bridgehead atoms. The number of carbonyl (C=O) groups is 2. The minimum atomic E-state index is -0.603. The van der Waals surface area contributed by atoms with Crippen LogP contribution in [0.25, 0.3) is 10.8 Å². The summed E-state index contributed by atoms with van der Waals surface area (Å²) in [6.07, 6.45) is 2.96. The third kappa shape index (κ3) is 3.72. The van der Waals surface area contributed by atoms with Gasteiger partial charge in [0.25, 0.3) is 5.91 Å². The number of nitrogens with zero attached hydrogens (tertiary/aromatic N) is 1. The summed E-state index contributed by atoms with van der Waals surface area (Å²) in [4.78, 5) is 23.6. The number of nitrogens with one attached hydrogen (secondary N) is 2. The lowest BCUT2D eigenvalue weighted by Gasteiger charge is -2.12. The van der Waals surface area contributed by atoms with Crippen molar-refractivity contribution in [2.75, 3.05) is 17.7 Å². The van der Waals surface area contributed by atoms with Gasteiger partial charge in [-0.3, -0.25) is 10.1 Å². The number of phenolic OH excluding ortho intramolecular Hbond substituents is 1. The van der Waals surface area contributed by atoms with Crippen molar-refractivity contribution in [1.82, 2.24) is 0 Å². The zero-order valence-corrected chi connectivity index (χ0v) is 14.1. The zero-order valence-electron chi connectivity index (χ0n) is 14.1. The van der Waals surface area contributed by atoms with Crippen molar-refractivity contribution in [3.05, 3.63) is 60.9 Å². The number of phenols is 1. The van der Waals surface area contributed by atoms with E-state index in [9.17, 15) is 14.7 Å². The number of ether oxygens (including phenoxy) is 1. The molecule has 0 saturated heterocycles. The summed E-state index contributed by atoms with van der Waals surface area (Å²) in [5, 5.41) is 16.9. The molecule has 0 atom stereocenters. The summed E-state index contributed by atoms with van der Waals surface area (Å²) in [5.41, 5.74) is 0.802. The van der Waals surface area contributed by atoms with Crippen molar-refractivity contribution in [1.29, 1.82) is 0 Å². The molecule has 0 fully saturated rings. The number of carbonyl (C=O) groups excluding carboxylic acids is 2. The first kappa shape index (κ1) is 17.2. The average molecular weight is 352 g/mol. The second-order valence-corrected chi connectivity index (χ2v) is 5.58. The molecule has 0 aliphatic carbocycles. The van der Waals surface area contributed by atoms with Gasteiger partial charge in [0.05, 0.1) is 18.5 Å². The normalized spacial score (nSPS) is 10.3. The number of fused-ring (bicyclic) bond motifs is 1. The van der Waals surface area contributed by atoms with Crippen LogP contribution < -0.4 is 15.2 Å². The molecule has 0 saturated carbocycles. The van der Waals surface area contributed by atoms with Crippen LogP contribution in [0.2, 0.25) is 0 Å². The second kappa shape index (κ2) is 7.52. The third-order valence-corrected chi connectivity index (χ3v) is 3.83. The van der Waals surface area contributed by atoms with Crippen LogP contribution in [0.15, 0.2) is 60.9 Å². The maximum Gasteiger partial charge on any atom is 0.411 e. The Morgan fingerprint density at radius 1 is 0.962 bits per heavy atom. The Hall–Kier alpha value is -3.61. The van der Waals surface area contributed by atoms with E-state index in [-0.39, 0.29) is 18.2 Å². The van der Waals surface area contributed by atoms with E-state index < -0.39 is 6.09 Å². The summed E-state index contributed by atoms with van der Waals surface area (Å²) < 4.78 is 6.32. The highest BCUT2D eigenvalue weighted by molar-refractivity contribution is 6.06. The van der Waals surface area contributed by atoms with Crippen LogP contribution in [0.3, 0.4) is 0 Å². The summed E-state index contributed by atoms with van der Waals surface area (Å²) in [7, 11) is 1.27. The lowest BCUT2D eigenvalue weighted by atomic mass is 10.1. The molecule has 0 radical (unpaired) electrons. The number of amides is 2. The number of benzene rings is 2. The minimum Gasteiger partial charge on any atom is -0.505 e. The van der Waals surface area contributed by atoms with Gasteiger partial charge in [-0.25, -0.2) is 4.79 Å². The topological polar surface area (TPSA) is 91.5 Å². The predicted octanol–water partition coefficient (Wildman–Crippen LogP) is 2.65. The highest BCUT2D eigenvalue weighted by Gasteiger charge is 2.15. The van der Waals surface area contributed by atoms with Gasteiger partial charge in [-0.05, 0) is 18.2 Å². The van der Waals surface area contributed by atoms with E-state index in [4.69, 9.17) is 0 Å². The van der Waals surface area contributed by atoms with Gasteiger partial charge in [0.15, 0.2) is 12.4 Å². The zero-order chi connectivity index (χ0) is 18.5. The van der Waals surface area contributed by atoms with Gasteiger partial charge >= 0.3 is 6.09 Å². The number of anilines is 2. The van der Waals surface area contributed by atoms with Crippen molar-refractivity contribution in [2.24, 2.45) is 0 Å². The smallest absolute Gasteiger partial charge is 0.411 e. The quantitative estimate of drug-likeness (QED) is 0.497. The van der Waals surface area contributed by atoms with Gasteiger partial charge < -0.3 is 15.2 Å². The lowest BCUT2D eigenvalue weighted by Crippen LogP contribution is -2.39. The van der Waals surface area contributed by atoms with Gasteiger partial charge in [0.1, 0.15) is 5.75 Å². The van der Waals surface area contributed by atoms with Gasteiger partial charge in [-0.15, -0.1) is 0 Å². The maximum atomic E-state index is 12.2. The van der Waals surface area contributed by atoms with Crippen molar-refractivity contribution in [3.8, 4) is 5.75 Å². The van der Waals surface area contributed by atoms with Gasteiger partial charge in [-0.2, -0.15) is 4.57 Å². The van der Waals surface area contributed by atoms with E-state index >= 15 is 0 Å². The number of hydrogen-bond acceptors (Lipinski definition) is 4. The molecule has 3 aromatic rings. The standard InChI is InChI=1S/C19H17N3O4/c1-26-19(25)21-15-7-5-6-14-13(15)8-9-16(18(14)24)20-17(23)12-22-10-3-2-4-11-22/h2-11H,12H2,1H3,(H2-,20,21,23,24,25)/p+1. The van der Waals surface area contributed by atoms with Crippen LogP contribution in [-0.2, 0) is 16.1 Å². The van der Waals surface area contributed by atoms with Crippen molar-refractivity contribution in [3.63, 3.8) is 0 Å². The van der Waals surface area contributed by atoms with Crippen molar-refractivity contribution in [2.45, 2.75) is 6.54 Å². The first-order valence-corrected chi connectivity index (χ1v) is 7.92. The first-order valence-electron chi connectivity index (χ1n) is 7.92. The van der Waals surface area contributed by atoms with E-state index in [2.05, 4.69) is 15.4 Å². The van der Waals surface area contributed by atoms with Crippen LogP contribution in [-0.4, -0.2) is 24.2 Å². The number of pyridine rings is 1. The van der Waals surface area contributed by atoms with E-state index in [0.29, 0.717) is 22.1 Å². The Morgan fingerprint density at radius 2 is 1.73 bits per heavy atom. The van der Waals surface area contributed by atoms with Crippen LogP contribution in [0, 0.1) is 0 Å². The largest absolute Gasteiger partial charge is 0.505 e. The molecule has 2 aromatic carbocycles. The van der Waals surface area contributed by atoms with Gasteiger partial charge in [0, 0.05) is 22.9 Å². The summed E-state index contributed by atoms with van der Waals surface area (Å²) in [6, 6.07) is 13.9. The maximum absolute atomic E-state index is 12.2. The Kier molecular flexibility index (Phi) is 4.98. The Balaban J connectivity index is 1.85. The number of methoxy groups -OCH3 is 1. The number of rotatable bonds is 4. The molecule has 0 aliphatic rings. The fourth-order valence-corrected chi connectivity index (χ4v) is 2.61. The monoisotopic (exact) mass is 352 g/mol. The number of aromatic nitrogens is 1. The summed E-state index contributed by atoms with van der Waals surface area (Å²) >= 11 is 0. The van der Waals surface area contributed by atoms with E-state index in [1.165, 1.54) is 7.11 Å². The summed E-state index contributed by atoms with van der Waals surface area (Å²) in [5.74, 6) is -0.331. The van der Waals surface area contributed by atoms with Crippen LogP contribution >= 0.6 is 0 Å². The molecule has 0 spiro atoms. The summed E-state index contributed by atoms with van der Waals surface area (Å²) in [6.45, 7) is 0.127. The Bertz CT molecular complexity index is 958. The second-order valence-electron chi connectivity index (χ2n) is 5.58. The Morgan fingerprint density at radius 3 is 2.46 bits per heavy atom. The van der Waals surface area contributed by atoms with E-state index in [1.54, 1.807) is 47.3 Å². The highest BCUT2D eigenvalue weighted by Crippen LogP contribution is 2.36. The molecule has 1 aromatic heterocycles. The molecule has 0 aliphatic heterocycles. The SMILES string of the molecule is COC(=O)Nc1cccc2c(O)c(NC(=O)C[n+]3ccccc3)ccc12. The Labute approximate surface area is 149 Å². The van der Waals surface area contributed by atoms with E-state index in [1.807, 2.05) is 18.2 Å².